The highest BCUT2D eigenvalue weighted by Crippen LogP contribution is 2.18. The van der Waals surface area contributed by atoms with Gasteiger partial charge in [0.05, 0.1) is 6.42 Å². The lowest BCUT2D eigenvalue weighted by Gasteiger charge is -2.05. The van der Waals surface area contributed by atoms with Crippen LogP contribution in [0.3, 0.4) is 0 Å². The number of hydrogen-bond donors (Lipinski definition) is 1. The molecule has 0 aliphatic rings. The highest BCUT2D eigenvalue weighted by molar-refractivity contribution is 5.86. The highest BCUT2D eigenvalue weighted by atomic mass is 19.1. The van der Waals surface area contributed by atoms with Gasteiger partial charge in [0, 0.05) is 23.6 Å². The number of aromatic nitrogens is 1. The maximum Gasteiger partial charge on any atom is 0.226 e. The SMILES string of the molecule is O=C(Cc1noc2ccccc12)NCc1ccc(F)cc1F. The van der Waals surface area contributed by atoms with E-state index < -0.39 is 11.6 Å². The lowest BCUT2D eigenvalue weighted by Crippen LogP contribution is -2.25. The number of nitrogens with one attached hydrogen (secondary N) is 1. The Morgan fingerprint density at radius 1 is 1.18 bits per heavy atom. The zero-order valence-corrected chi connectivity index (χ0v) is 11.5. The second-order valence-electron chi connectivity index (χ2n) is 4.81. The van der Waals surface area contributed by atoms with E-state index in [4.69, 9.17) is 4.52 Å². The van der Waals surface area contributed by atoms with Gasteiger partial charge in [-0.3, -0.25) is 4.79 Å². The first-order chi connectivity index (χ1) is 10.6. The summed E-state index contributed by atoms with van der Waals surface area (Å²) in [6.07, 6.45) is 0.0276. The molecule has 0 saturated carbocycles. The summed E-state index contributed by atoms with van der Waals surface area (Å²) >= 11 is 0. The van der Waals surface area contributed by atoms with E-state index >= 15 is 0 Å². The standard InChI is InChI=1S/C16H12F2N2O2/c17-11-6-5-10(13(18)7-11)9-19-16(21)8-14-12-3-1-2-4-15(12)22-20-14/h1-7H,8-9H2,(H,19,21). The van der Waals surface area contributed by atoms with Crippen LogP contribution in [0, 0.1) is 11.6 Å². The molecule has 1 heterocycles. The molecule has 1 amide bonds. The molecule has 2 aromatic carbocycles. The molecule has 3 aromatic rings. The van der Waals surface area contributed by atoms with E-state index in [0.29, 0.717) is 11.3 Å². The highest BCUT2D eigenvalue weighted by Gasteiger charge is 2.12. The number of carbonyl (C=O) groups is 1. The van der Waals surface area contributed by atoms with Crippen LogP contribution in [0.1, 0.15) is 11.3 Å². The first-order valence-corrected chi connectivity index (χ1v) is 6.67. The molecular weight excluding hydrogens is 290 g/mol. The Morgan fingerprint density at radius 3 is 2.82 bits per heavy atom. The second-order valence-corrected chi connectivity index (χ2v) is 4.81. The predicted molar refractivity (Wildman–Crippen MR) is 75.9 cm³/mol. The lowest BCUT2D eigenvalue weighted by molar-refractivity contribution is -0.120. The number of benzene rings is 2. The fourth-order valence-electron chi connectivity index (χ4n) is 2.14. The smallest absolute Gasteiger partial charge is 0.226 e. The van der Waals surface area contributed by atoms with Gasteiger partial charge in [-0.25, -0.2) is 8.78 Å². The molecule has 1 aromatic heterocycles. The quantitative estimate of drug-likeness (QED) is 0.806. The van der Waals surface area contributed by atoms with Gasteiger partial charge >= 0.3 is 0 Å². The zero-order chi connectivity index (χ0) is 15.5. The average Bonchev–Trinajstić information content (AvgIpc) is 2.90. The lowest BCUT2D eigenvalue weighted by atomic mass is 10.1. The van der Waals surface area contributed by atoms with Gasteiger partial charge in [0.25, 0.3) is 0 Å². The summed E-state index contributed by atoms with van der Waals surface area (Å²) in [6.45, 7) is -0.0132. The average molecular weight is 302 g/mol. The Morgan fingerprint density at radius 2 is 2.00 bits per heavy atom. The van der Waals surface area contributed by atoms with Crippen molar-refractivity contribution in [2.24, 2.45) is 0 Å². The number of hydrogen-bond acceptors (Lipinski definition) is 3. The van der Waals surface area contributed by atoms with Crippen molar-refractivity contribution in [3.63, 3.8) is 0 Å². The van der Waals surface area contributed by atoms with Crippen molar-refractivity contribution in [3.8, 4) is 0 Å². The molecule has 0 bridgehead atoms. The van der Waals surface area contributed by atoms with E-state index in [1.165, 1.54) is 6.07 Å². The first-order valence-electron chi connectivity index (χ1n) is 6.67. The third-order valence-corrected chi connectivity index (χ3v) is 3.27. The van der Waals surface area contributed by atoms with Gasteiger partial charge in [-0.15, -0.1) is 0 Å². The van der Waals surface area contributed by atoms with E-state index in [9.17, 15) is 13.6 Å². The second kappa shape index (κ2) is 5.93. The summed E-state index contributed by atoms with van der Waals surface area (Å²) < 4.78 is 31.4. The Labute approximate surface area is 124 Å². The molecule has 0 aliphatic heterocycles. The number of halogens is 2. The molecule has 4 nitrogen and oxygen atoms in total. The van der Waals surface area contributed by atoms with Crippen LogP contribution in [0.4, 0.5) is 8.78 Å². The van der Waals surface area contributed by atoms with Crippen molar-refractivity contribution >= 4 is 16.9 Å². The molecule has 112 valence electrons. The molecule has 0 radical (unpaired) electrons. The summed E-state index contributed by atoms with van der Waals surface area (Å²) in [5.41, 5.74) is 1.35. The number of fused-ring (bicyclic) bond motifs is 1. The van der Waals surface area contributed by atoms with Gasteiger partial charge in [-0.2, -0.15) is 0 Å². The maximum absolute atomic E-state index is 13.5. The summed E-state index contributed by atoms with van der Waals surface area (Å²) in [7, 11) is 0. The molecule has 0 spiro atoms. The molecule has 6 heteroatoms. The topological polar surface area (TPSA) is 55.1 Å². The largest absolute Gasteiger partial charge is 0.356 e. The normalized spacial score (nSPS) is 10.8. The molecule has 0 saturated heterocycles. The number of nitrogens with zero attached hydrogens (tertiary/aromatic N) is 1. The monoisotopic (exact) mass is 302 g/mol. The van der Waals surface area contributed by atoms with Crippen LogP contribution in [0.5, 0.6) is 0 Å². The van der Waals surface area contributed by atoms with E-state index in [1.54, 1.807) is 6.07 Å². The molecule has 1 N–H and O–H groups in total. The molecular formula is C16H12F2N2O2. The Bertz CT molecular complexity index is 830. The fourth-order valence-corrected chi connectivity index (χ4v) is 2.14. The van der Waals surface area contributed by atoms with Crippen LogP contribution < -0.4 is 5.32 Å². The van der Waals surface area contributed by atoms with Crippen molar-refractivity contribution in [1.29, 1.82) is 0 Å². The molecule has 0 aliphatic carbocycles. The van der Waals surface area contributed by atoms with E-state index in [1.807, 2.05) is 18.2 Å². The van der Waals surface area contributed by atoms with Crippen molar-refractivity contribution in [1.82, 2.24) is 10.5 Å². The van der Waals surface area contributed by atoms with Crippen molar-refractivity contribution in [3.05, 3.63) is 65.4 Å². The molecule has 0 unspecified atom stereocenters. The summed E-state index contributed by atoms with van der Waals surface area (Å²) in [5.74, 6) is -1.66. The van der Waals surface area contributed by atoms with Crippen LogP contribution in [0.15, 0.2) is 47.0 Å². The zero-order valence-electron chi connectivity index (χ0n) is 11.5. The Hall–Kier alpha value is -2.76. The van der Waals surface area contributed by atoms with Crippen LogP contribution in [-0.4, -0.2) is 11.1 Å². The third kappa shape index (κ3) is 2.95. The van der Waals surface area contributed by atoms with Gasteiger partial charge in [0.1, 0.15) is 17.3 Å². The fraction of sp³-hybridized carbons (Fsp3) is 0.125. The van der Waals surface area contributed by atoms with Crippen molar-refractivity contribution in [2.75, 3.05) is 0 Å². The first kappa shape index (κ1) is 14.2. The van der Waals surface area contributed by atoms with Crippen LogP contribution >= 0.6 is 0 Å². The van der Waals surface area contributed by atoms with Gasteiger partial charge in [-0.05, 0) is 18.2 Å². The maximum atomic E-state index is 13.5. The van der Waals surface area contributed by atoms with Crippen LogP contribution in [-0.2, 0) is 17.8 Å². The van der Waals surface area contributed by atoms with E-state index in [2.05, 4.69) is 10.5 Å². The van der Waals surface area contributed by atoms with Gasteiger partial charge < -0.3 is 9.84 Å². The van der Waals surface area contributed by atoms with E-state index in [0.717, 1.165) is 17.5 Å². The van der Waals surface area contributed by atoms with Crippen molar-refractivity contribution < 1.29 is 18.1 Å². The number of amides is 1. The molecule has 3 rings (SSSR count). The Balaban J connectivity index is 1.65. The van der Waals surface area contributed by atoms with E-state index in [-0.39, 0.29) is 24.4 Å². The number of carbonyl (C=O) groups excluding carboxylic acids is 1. The van der Waals surface area contributed by atoms with Gasteiger partial charge in [0.15, 0.2) is 5.58 Å². The molecule has 0 fully saturated rings. The van der Waals surface area contributed by atoms with Crippen LogP contribution in [0.2, 0.25) is 0 Å². The summed E-state index contributed by atoms with van der Waals surface area (Å²) in [4.78, 5) is 11.9. The number of para-hydroxylation sites is 1. The Kier molecular flexibility index (Phi) is 3.82. The summed E-state index contributed by atoms with van der Waals surface area (Å²) in [5, 5.41) is 7.21. The molecule has 22 heavy (non-hydrogen) atoms. The minimum absolute atomic E-state index is 0.0132. The molecule has 0 atom stereocenters. The summed E-state index contributed by atoms with van der Waals surface area (Å²) in [6, 6.07) is 10.5. The third-order valence-electron chi connectivity index (χ3n) is 3.27. The van der Waals surface area contributed by atoms with Crippen LogP contribution in [0.25, 0.3) is 11.0 Å². The minimum atomic E-state index is -0.688. The minimum Gasteiger partial charge on any atom is -0.356 e. The van der Waals surface area contributed by atoms with Gasteiger partial charge in [0.2, 0.25) is 5.91 Å². The van der Waals surface area contributed by atoms with Gasteiger partial charge in [-0.1, -0.05) is 23.4 Å². The number of rotatable bonds is 4. The van der Waals surface area contributed by atoms with Crippen molar-refractivity contribution in [2.45, 2.75) is 13.0 Å². The predicted octanol–water partition coefficient (Wildman–Crippen LogP) is 2.96.